The largest absolute Gasteiger partial charge is 0.389 e. The summed E-state index contributed by atoms with van der Waals surface area (Å²) in [6.45, 7) is 0.814. The number of halogens is 2. The standard InChI is InChI=1S/C15H20FNO.ClH/c16-12-5-3-4-11(10-12)14-13-6-1-2-7-15(13,18)8-9-17-14;/h3-5,10,13-14,17-18H,1-2,6-9H2;1H. The minimum atomic E-state index is -0.541. The Kier molecular flexibility index (Phi) is 4.49. The van der Waals surface area contributed by atoms with Crippen molar-refractivity contribution >= 4 is 12.4 Å². The number of hydrogen-bond donors (Lipinski definition) is 2. The molecule has 1 aromatic rings. The Balaban J connectivity index is 0.00000133. The topological polar surface area (TPSA) is 32.3 Å². The van der Waals surface area contributed by atoms with E-state index in [1.54, 1.807) is 12.1 Å². The zero-order chi connectivity index (χ0) is 12.6. The predicted molar refractivity (Wildman–Crippen MR) is 75.9 cm³/mol. The first-order valence-corrected chi connectivity index (χ1v) is 6.90. The predicted octanol–water partition coefficient (Wildman–Crippen LogP) is 3.20. The summed E-state index contributed by atoms with van der Waals surface area (Å²) < 4.78 is 13.4. The maximum Gasteiger partial charge on any atom is 0.123 e. The van der Waals surface area contributed by atoms with Gasteiger partial charge >= 0.3 is 0 Å². The van der Waals surface area contributed by atoms with Crippen LogP contribution in [0.15, 0.2) is 24.3 Å². The van der Waals surface area contributed by atoms with Crippen LogP contribution in [0.2, 0.25) is 0 Å². The first kappa shape index (κ1) is 14.8. The van der Waals surface area contributed by atoms with Crippen LogP contribution in [0.3, 0.4) is 0 Å². The van der Waals surface area contributed by atoms with Crippen molar-refractivity contribution in [1.29, 1.82) is 0 Å². The Labute approximate surface area is 119 Å². The molecule has 2 aliphatic rings. The Bertz CT molecular complexity index is 438. The Hall–Kier alpha value is -0.640. The highest BCUT2D eigenvalue weighted by Crippen LogP contribution is 2.45. The van der Waals surface area contributed by atoms with Gasteiger partial charge in [-0.15, -0.1) is 12.4 Å². The molecule has 2 N–H and O–H groups in total. The average molecular weight is 286 g/mol. The van der Waals surface area contributed by atoms with Gasteiger partial charge in [-0.3, -0.25) is 0 Å². The van der Waals surface area contributed by atoms with Gasteiger partial charge in [0.15, 0.2) is 0 Å². The normalized spacial score (nSPS) is 34.2. The van der Waals surface area contributed by atoms with Gasteiger partial charge in [0.05, 0.1) is 5.60 Å². The highest BCUT2D eigenvalue weighted by Gasteiger charge is 2.45. The molecule has 1 aliphatic heterocycles. The zero-order valence-electron chi connectivity index (χ0n) is 10.9. The number of rotatable bonds is 1. The molecule has 2 fully saturated rings. The van der Waals surface area contributed by atoms with Crippen molar-refractivity contribution in [1.82, 2.24) is 5.32 Å². The maximum absolute atomic E-state index is 13.4. The van der Waals surface area contributed by atoms with E-state index in [0.717, 1.165) is 37.8 Å². The highest BCUT2D eigenvalue weighted by atomic mass is 35.5. The molecule has 1 heterocycles. The lowest BCUT2D eigenvalue weighted by Gasteiger charge is -2.48. The van der Waals surface area contributed by atoms with Crippen LogP contribution in [0.1, 0.15) is 43.7 Å². The Morgan fingerprint density at radius 1 is 1.26 bits per heavy atom. The van der Waals surface area contributed by atoms with Gasteiger partial charge in [-0.25, -0.2) is 4.39 Å². The fourth-order valence-corrected chi connectivity index (χ4v) is 3.67. The summed E-state index contributed by atoms with van der Waals surface area (Å²) in [7, 11) is 0. The molecular formula is C15H21ClFNO. The summed E-state index contributed by atoms with van der Waals surface area (Å²) in [6, 6.07) is 6.88. The third-order valence-corrected chi connectivity index (χ3v) is 4.60. The van der Waals surface area contributed by atoms with E-state index in [2.05, 4.69) is 5.32 Å². The monoisotopic (exact) mass is 285 g/mol. The molecule has 0 amide bonds. The summed E-state index contributed by atoms with van der Waals surface area (Å²) in [6.07, 6.45) is 5.03. The fourth-order valence-electron chi connectivity index (χ4n) is 3.67. The van der Waals surface area contributed by atoms with Gasteiger partial charge < -0.3 is 10.4 Å². The van der Waals surface area contributed by atoms with Crippen LogP contribution in [0.4, 0.5) is 4.39 Å². The lowest BCUT2D eigenvalue weighted by atomic mass is 9.67. The summed E-state index contributed by atoms with van der Waals surface area (Å²) in [5, 5.41) is 14.2. The number of nitrogens with one attached hydrogen (secondary N) is 1. The van der Waals surface area contributed by atoms with Gasteiger partial charge in [-0.2, -0.15) is 0 Å². The van der Waals surface area contributed by atoms with Crippen LogP contribution in [0, 0.1) is 11.7 Å². The van der Waals surface area contributed by atoms with E-state index in [4.69, 9.17) is 0 Å². The van der Waals surface area contributed by atoms with E-state index < -0.39 is 5.60 Å². The van der Waals surface area contributed by atoms with Gasteiger partial charge in [0, 0.05) is 12.0 Å². The van der Waals surface area contributed by atoms with E-state index in [1.165, 1.54) is 12.5 Å². The summed E-state index contributed by atoms with van der Waals surface area (Å²) in [5.74, 6) is 0.0287. The molecule has 0 spiro atoms. The van der Waals surface area contributed by atoms with Gasteiger partial charge in [0.1, 0.15) is 5.82 Å². The molecule has 3 unspecified atom stereocenters. The van der Waals surface area contributed by atoms with Crippen LogP contribution in [-0.2, 0) is 0 Å². The van der Waals surface area contributed by atoms with Crippen molar-refractivity contribution < 1.29 is 9.50 Å². The van der Waals surface area contributed by atoms with Crippen molar-refractivity contribution in [2.24, 2.45) is 5.92 Å². The van der Waals surface area contributed by atoms with Gasteiger partial charge in [0.25, 0.3) is 0 Å². The molecule has 3 atom stereocenters. The van der Waals surface area contributed by atoms with Crippen molar-refractivity contribution in [3.63, 3.8) is 0 Å². The molecule has 1 aromatic carbocycles. The molecule has 1 saturated carbocycles. The zero-order valence-corrected chi connectivity index (χ0v) is 11.8. The Morgan fingerprint density at radius 3 is 2.89 bits per heavy atom. The molecule has 4 heteroatoms. The van der Waals surface area contributed by atoms with E-state index >= 15 is 0 Å². The third-order valence-electron chi connectivity index (χ3n) is 4.60. The smallest absolute Gasteiger partial charge is 0.123 e. The van der Waals surface area contributed by atoms with E-state index in [0.29, 0.717) is 0 Å². The lowest BCUT2D eigenvalue weighted by molar-refractivity contribution is -0.0861. The molecular weight excluding hydrogens is 265 g/mol. The first-order valence-electron chi connectivity index (χ1n) is 6.90. The number of fused-ring (bicyclic) bond motifs is 1. The molecule has 0 radical (unpaired) electrons. The quantitative estimate of drug-likeness (QED) is 0.830. The van der Waals surface area contributed by atoms with Gasteiger partial charge in [-0.05, 0) is 43.5 Å². The molecule has 106 valence electrons. The van der Waals surface area contributed by atoms with Crippen molar-refractivity contribution in [3.05, 3.63) is 35.6 Å². The second-order valence-corrected chi connectivity index (χ2v) is 5.69. The van der Waals surface area contributed by atoms with Crippen LogP contribution in [-0.4, -0.2) is 17.3 Å². The third kappa shape index (κ3) is 2.78. The van der Waals surface area contributed by atoms with Crippen LogP contribution < -0.4 is 5.32 Å². The van der Waals surface area contributed by atoms with Crippen LogP contribution >= 0.6 is 12.4 Å². The highest BCUT2D eigenvalue weighted by molar-refractivity contribution is 5.85. The lowest BCUT2D eigenvalue weighted by Crippen LogP contribution is -2.53. The second kappa shape index (κ2) is 5.78. The molecule has 0 aromatic heterocycles. The average Bonchev–Trinajstić information content (AvgIpc) is 2.37. The summed E-state index contributed by atoms with van der Waals surface area (Å²) >= 11 is 0. The second-order valence-electron chi connectivity index (χ2n) is 5.69. The molecule has 0 bridgehead atoms. The van der Waals surface area contributed by atoms with E-state index in [9.17, 15) is 9.50 Å². The van der Waals surface area contributed by atoms with Crippen molar-refractivity contribution in [2.45, 2.75) is 43.7 Å². The molecule has 19 heavy (non-hydrogen) atoms. The van der Waals surface area contributed by atoms with Gasteiger partial charge in [0.2, 0.25) is 0 Å². The number of hydrogen-bond acceptors (Lipinski definition) is 2. The van der Waals surface area contributed by atoms with Crippen molar-refractivity contribution in [3.8, 4) is 0 Å². The number of aliphatic hydroxyl groups is 1. The van der Waals surface area contributed by atoms with E-state index in [-0.39, 0.29) is 30.2 Å². The van der Waals surface area contributed by atoms with Crippen LogP contribution in [0.25, 0.3) is 0 Å². The maximum atomic E-state index is 13.4. The fraction of sp³-hybridized carbons (Fsp3) is 0.600. The SMILES string of the molecule is Cl.OC12CCCCC1C(c1cccc(F)c1)NCC2. The molecule has 1 aliphatic carbocycles. The number of piperidine rings is 1. The minimum absolute atomic E-state index is 0. The van der Waals surface area contributed by atoms with Gasteiger partial charge in [-0.1, -0.05) is 25.0 Å². The molecule has 2 nitrogen and oxygen atoms in total. The minimum Gasteiger partial charge on any atom is -0.389 e. The van der Waals surface area contributed by atoms with Crippen molar-refractivity contribution in [2.75, 3.05) is 6.54 Å². The van der Waals surface area contributed by atoms with Crippen LogP contribution in [0.5, 0.6) is 0 Å². The first-order chi connectivity index (χ1) is 8.69. The van der Waals surface area contributed by atoms with E-state index in [1.807, 2.05) is 6.07 Å². The molecule has 1 saturated heterocycles. The Morgan fingerprint density at radius 2 is 2.11 bits per heavy atom. The number of benzene rings is 1. The summed E-state index contributed by atoms with van der Waals surface area (Å²) in [5.41, 5.74) is 0.431. The molecule has 3 rings (SSSR count). The summed E-state index contributed by atoms with van der Waals surface area (Å²) in [4.78, 5) is 0.